The fourth-order valence-electron chi connectivity index (χ4n) is 3.68. The predicted octanol–water partition coefficient (Wildman–Crippen LogP) is 2.53. The SMILES string of the molecule is O=C(Nc1ccc2c(c1)OCCO2)c1cc(-c2ccco2)n(C2CCS(=O)(=O)C2)n1. The maximum absolute atomic E-state index is 12.9. The molecule has 1 saturated heterocycles. The Kier molecular flexibility index (Phi) is 4.50. The molecule has 156 valence electrons. The molecule has 30 heavy (non-hydrogen) atoms. The van der Waals surface area contributed by atoms with Gasteiger partial charge in [-0.3, -0.25) is 9.48 Å². The van der Waals surface area contributed by atoms with Crippen molar-refractivity contribution in [1.29, 1.82) is 0 Å². The normalized spacial score (nSPS) is 19.5. The molecule has 5 rings (SSSR count). The first kappa shape index (κ1) is 18.7. The van der Waals surface area contributed by atoms with Crippen LogP contribution in [0.25, 0.3) is 11.5 Å². The van der Waals surface area contributed by atoms with Crippen LogP contribution in [0.4, 0.5) is 5.69 Å². The Morgan fingerprint density at radius 2 is 1.97 bits per heavy atom. The minimum absolute atomic E-state index is 0.00832. The van der Waals surface area contributed by atoms with Crippen LogP contribution in [0.2, 0.25) is 0 Å². The zero-order valence-corrected chi connectivity index (χ0v) is 16.7. The van der Waals surface area contributed by atoms with Gasteiger partial charge in [-0.2, -0.15) is 5.10 Å². The third-order valence-electron chi connectivity index (χ3n) is 5.10. The lowest BCUT2D eigenvalue weighted by Crippen LogP contribution is -2.17. The number of carbonyl (C=O) groups is 1. The summed E-state index contributed by atoms with van der Waals surface area (Å²) in [7, 11) is -3.12. The number of carbonyl (C=O) groups excluding carboxylic acids is 1. The Hall–Kier alpha value is -3.27. The third kappa shape index (κ3) is 3.54. The number of sulfone groups is 1. The average molecular weight is 429 g/mol. The summed E-state index contributed by atoms with van der Waals surface area (Å²) in [6.45, 7) is 0.939. The van der Waals surface area contributed by atoms with Gasteiger partial charge in [-0.15, -0.1) is 0 Å². The van der Waals surface area contributed by atoms with Gasteiger partial charge in [-0.25, -0.2) is 8.42 Å². The molecule has 9 nitrogen and oxygen atoms in total. The molecule has 1 aromatic carbocycles. The lowest BCUT2D eigenvalue weighted by Gasteiger charge is -2.18. The minimum Gasteiger partial charge on any atom is -0.486 e. The van der Waals surface area contributed by atoms with Crippen LogP contribution in [0.15, 0.2) is 47.1 Å². The molecule has 2 aromatic heterocycles. The number of anilines is 1. The number of amides is 1. The van der Waals surface area contributed by atoms with Crippen LogP contribution >= 0.6 is 0 Å². The van der Waals surface area contributed by atoms with E-state index in [-0.39, 0.29) is 23.2 Å². The number of aromatic nitrogens is 2. The molecule has 10 heteroatoms. The molecule has 0 aliphatic carbocycles. The van der Waals surface area contributed by atoms with Crippen molar-refractivity contribution >= 4 is 21.4 Å². The van der Waals surface area contributed by atoms with E-state index in [2.05, 4.69) is 10.4 Å². The van der Waals surface area contributed by atoms with E-state index in [4.69, 9.17) is 13.9 Å². The highest BCUT2D eigenvalue weighted by Crippen LogP contribution is 2.33. The molecule has 1 amide bonds. The molecule has 0 spiro atoms. The smallest absolute Gasteiger partial charge is 0.276 e. The van der Waals surface area contributed by atoms with Gasteiger partial charge in [0.1, 0.15) is 18.9 Å². The topological polar surface area (TPSA) is 113 Å². The van der Waals surface area contributed by atoms with Gasteiger partial charge in [0.05, 0.1) is 23.8 Å². The van der Waals surface area contributed by atoms with Gasteiger partial charge in [0.15, 0.2) is 32.8 Å². The average Bonchev–Trinajstić information content (AvgIpc) is 3.46. The minimum atomic E-state index is -3.12. The lowest BCUT2D eigenvalue weighted by atomic mass is 10.2. The zero-order valence-electron chi connectivity index (χ0n) is 15.9. The molecule has 1 atom stereocenters. The first-order chi connectivity index (χ1) is 14.5. The Morgan fingerprint density at radius 3 is 2.70 bits per heavy atom. The number of hydrogen-bond acceptors (Lipinski definition) is 7. The Bertz CT molecular complexity index is 1200. The second-order valence-corrected chi connectivity index (χ2v) is 9.43. The summed E-state index contributed by atoms with van der Waals surface area (Å²) in [4.78, 5) is 12.9. The molecule has 2 aliphatic rings. The van der Waals surface area contributed by atoms with Crippen molar-refractivity contribution in [3.63, 3.8) is 0 Å². The quantitative estimate of drug-likeness (QED) is 0.678. The van der Waals surface area contributed by atoms with Gasteiger partial charge in [0, 0.05) is 17.8 Å². The van der Waals surface area contributed by atoms with Crippen LogP contribution in [-0.4, -0.2) is 48.8 Å². The van der Waals surface area contributed by atoms with Gasteiger partial charge in [0.2, 0.25) is 0 Å². The number of benzene rings is 1. The van der Waals surface area contributed by atoms with Gasteiger partial charge in [-0.1, -0.05) is 0 Å². The molecule has 0 saturated carbocycles. The fourth-order valence-corrected chi connectivity index (χ4v) is 5.37. The second kappa shape index (κ2) is 7.21. The summed E-state index contributed by atoms with van der Waals surface area (Å²) < 4.78 is 42.0. The maximum Gasteiger partial charge on any atom is 0.276 e. The van der Waals surface area contributed by atoms with Gasteiger partial charge in [0.25, 0.3) is 5.91 Å². The van der Waals surface area contributed by atoms with E-state index < -0.39 is 15.7 Å². The monoisotopic (exact) mass is 429 g/mol. The molecule has 3 aromatic rings. The number of rotatable bonds is 4. The van der Waals surface area contributed by atoms with E-state index in [9.17, 15) is 13.2 Å². The number of fused-ring (bicyclic) bond motifs is 1. The zero-order chi connectivity index (χ0) is 20.7. The molecule has 1 unspecified atom stereocenters. The summed E-state index contributed by atoms with van der Waals surface area (Å²) >= 11 is 0. The van der Waals surface area contributed by atoms with Crippen molar-refractivity contribution in [3.8, 4) is 23.0 Å². The van der Waals surface area contributed by atoms with Gasteiger partial charge in [-0.05, 0) is 30.7 Å². The number of nitrogens with one attached hydrogen (secondary N) is 1. The molecule has 0 radical (unpaired) electrons. The van der Waals surface area contributed by atoms with Crippen molar-refractivity contribution in [1.82, 2.24) is 9.78 Å². The lowest BCUT2D eigenvalue weighted by molar-refractivity contribution is 0.102. The van der Waals surface area contributed by atoms with Crippen LogP contribution in [0, 0.1) is 0 Å². The van der Waals surface area contributed by atoms with Crippen molar-refractivity contribution in [2.45, 2.75) is 12.5 Å². The number of nitrogens with zero attached hydrogens (tertiary/aromatic N) is 2. The standard InChI is InChI=1S/C20H19N3O6S/c24-20(21-13-3-4-18-19(10-13)29-8-7-28-18)15-11-16(17-2-1-6-27-17)23(22-15)14-5-9-30(25,26)12-14/h1-4,6,10-11,14H,5,7-9,12H2,(H,21,24). The van der Waals surface area contributed by atoms with Crippen LogP contribution in [0.5, 0.6) is 11.5 Å². The predicted molar refractivity (Wildman–Crippen MR) is 108 cm³/mol. The highest BCUT2D eigenvalue weighted by atomic mass is 32.2. The van der Waals surface area contributed by atoms with Crippen molar-refractivity contribution in [2.24, 2.45) is 0 Å². The summed E-state index contributed by atoms with van der Waals surface area (Å²) in [5.41, 5.74) is 1.27. The number of hydrogen-bond donors (Lipinski definition) is 1. The van der Waals surface area contributed by atoms with E-state index in [0.717, 1.165) is 0 Å². The Morgan fingerprint density at radius 1 is 1.13 bits per heavy atom. The molecular formula is C20H19N3O6S. The first-order valence-electron chi connectivity index (χ1n) is 9.53. The van der Waals surface area contributed by atoms with Crippen LogP contribution in [0.3, 0.4) is 0 Å². The van der Waals surface area contributed by atoms with Crippen molar-refractivity contribution in [3.05, 3.63) is 48.4 Å². The molecule has 2 aliphatic heterocycles. The third-order valence-corrected chi connectivity index (χ3v) is 6.85. The summed E-state index contributed by atoms with van der Waals surface area (Å²) in [5.74, 6) is 1.40. The largest absolute Gasteiger partial charge is 0.486 e. The fraction of sp³-hybridized carbons (Fsp3) is 0.300. The summed E-state index contributed by atoms with van der Waals surface area (Å²) in [6, 6.07) is 9.90. The van der Waals surface area contributed by atoms with Gasteiger partial charge < -0.3 is 19.2 Å². The molecular weight excluding hydrogens is 410 g/mol. The molecule has 1 N–H and O–H groups in total. The molecule has 4 heterocycles. The maximum atomic E-state index is 12.9. The molecule has 1 fully saturated rings. The number of furan rings is 1. The summed E-state index contributed by atoms with van der Waals surface area (Å²) in [5, 5.41) is 7.22. The van der Waals surface area contributed by atoms with Gasteiger partial charge >= 0.3 is 0 Å². The van der Waals surface area contributed by atoms with Crippen LogP contribution in [-0.2, 0) is 9.84 Å². The Labute approximate surface area is 172 Å². The van der Waals surface area contributed by atoms with E-state index >= 15 is 0 Å². The van der Waals surface area contributed by atoms with Crippen LogP contribution in [0.1, 0.15) is 23.0 Å². The van der Waals surface area contributed by atoms with E-state index in [1.54, 1.807) is 41.1 Å². The van der Waals surface area contributed by atoms with Crippen LogP contribution < -0.4 is 14.8 Å². The molecule has 0 bridgehead atoms. The second-order valence-electron chi connectivity index (χ2n) is 7.21. The highest BCUT2D eigenvalue weighted by molar-refractivity contribution is 7.91. The van der Waals surface area contributed by atoms with Crippen molar-refractivity contribution < 1.29 is 27.1 Å². The van der Waals surface area contributed by atoms with E-state index in [1.165, 1.54) is 6.26 Å². The van der Waals surface area contributed by atoms with E-state index in [1.807, 2.05) is 0 Å². The first-order valence-corrected chi connectivity index (χ1v) is 11.4. The number of ether oxygens (including phenoxy) is 2. The Balaban J connectivity index is 1.44. The highest BCUT2D eigenvalue weighted by Gasteiger charge is 2.32. The van der Waals surface area contributed by atoms with E-state index in [0.29, 0.717) is 48.3 Å². The van der Waals surface area contributed by atoms with Crippen molar-refractivity contribution in [2.75, 3.05) is 30.0 Å². The summed E-state index contributed by atoms with van der Waals surface area (Å²) in [6.07, 6.45) is 1.97.